The van der Waals surface area contributed by atoms with Gasteiger partial charge in [0, 0.05) is 24.2 Å². The molecule has 2 aliphatic heterocycles. The van der Waals surface area contributed by atoms with E-state index in [1.54, 1.807) is 4.57 Å². The number of aromatic nitrogens is 2. The second kappa shape index (κ2) is 8.78. The summed E-state index contributed by atoms with van der Waals surface area (Å²) < 4.78 is 1.79. The first-order valence-electron chi connectivity index (χ1n) is 13.5. The molecular weight excluding hydrogens is 426 g/mol. The Morgan fingerprint density at radius 1 is 0.941 bits per heavy atom. The Bertz CT molecular complexity index is 1120. The number of para-hydroxylation sites is 2. The molecule has 0 radical (unpaired) electrons. The van der Waals surface area contributed by atoms with E-state index in [9.17, 15) is 14.7 Å². The molecule has 4 fully saturated rings. The molecule has 3 heterocycles. The Morgan fingerprint density at radius 2 is 1.62 bits per heavy atom. The molecule has 1 aromatic carbocycles. The molecular formula is C28H37N3O3. The highest BCUT2D eigenvalue weighted by Gasteiger charge is 2.46. The van der Waals surface area contributed by atoms with Crippen LogP contribution in [0.1, 0.15) is 94.1 Å². The van der Waals surface area contributed by atoms with E-state index in [1.807, 2.05) is 24.3 Å². The van der Waals surface area contributed by atoms with Crippen molar-refractivity contribution < 1.29 is 9.90 Å². The maximum Gasteiger partial charge on any atom is 0.360 e. The van der Waals surface area contributed by atoms with E-state index >= 15 is 0 Å². The van der Waals surface area contributed by atoms with Crippen molar-refractivity contribution in [3.8, 4) is 0 Å². The zero-order chi connectivity index (χ0) is 23.4. The third kappa shape index (κ3) is 3.78. The number of carboxylic acids is 1. The van der Waals surface area contributed by atoms with Gasteiger partial charge < -0.3 is 9.67 Å². The lowest BCUT2D eigenvalue weighted by Crippen LogP contribution is -2.59. The first-order chi connectivity index (χ1) is 16.5. The minimum atomic E-state index is -1.23. The van der Waals surface area contributed by atoms with Gasteiger partial charge in [-0.3, -0.25) is 9.69 Å². The Labute approximate surface area is 201 Å². The summed E-state index contributed by atoms with van der Waals surface area (Å²) in [5.41, 5.74) is 0.571. The second-order valence-corrected chi connectivity index (χ2v) is 11.6. The van der Waals surface area contributed by atoms with Crippen LogP contribution in [0, 0.1) is 17.8 Å². The molecule has 2 aliphatic carbocycles. The van der Waals surface area contributed by atoms with E-state index in [0.29, 0.717) is 23.6 Å². The third-order valence-corrected chi connectivity index (χ3v) is 9.58. The summed E-state index contributed by atoms with van der Waals surface area (Å²) >= 11 is 0. The fourth-order valence-corrected chi connectivity index (χ4v) is 8.38. The largest absolute Gasteiger partial charge is 0.476 e. The van der Waals surface area contributed by atoms with Crippen molar-refractivity contribution in [2.45, 2.75) is 102 Å². The summed E-state index contributed by atoms with van der Waals surface area (Å²) in [6.07, 6.45) is 13.9. The van der Waals surface area contributed by atoms with Gasteiger partial charge in [0.05, 0.1) is 11.0 Å². The molecule has 7 atom stereocenters. The first-order valence-corrected chi connectivity index (χ1v) is 13.5. The lowest BCUT2D eigenvalue weighted by atomic mass is 9.64. The average molecular weight is 464 g/mol. The Balaban J connectivity index is 1.31. The van der Waals surface area contributed by atoms with Crippen LogP contribution in [0.5, 0.6) is 0 Å². The number of carbonyl (C=O) groups is 1. The van der Waals surface area contributed by atoms with Crippen LogP contribution in [0.2, 0.25) is 0 Å². The Morgan fingerprint density at radius 3 is 2.26 bits per heavy atom. The molecule has 0 unspecified atom stereocenters. The van der Waals surface area contributed by atoms with Gasteiger partial charge in [0.25, 0.3) is 5.56 Å². The van der Waals surface area contributed by atoms with E-state index < -0.39 is 11.5 Å². The van der Waals surface area contributed by atoms with E-state index in [1.165, 1.54) is 57.8 Å². The van der Waals surface area contributed by atoms with Crippen molar-refractivity contribution in [2.75, 3.05) is 0 Å². The quantitative estimate of drug-likeness (QED) is 0.670. The van der Waals surface area contributed by atoms with E-state index in [0.717, 1.165) is 36.1 Å². The molecule has 0 spiro atoms. The van der Waals surface area contributed by atoms with Gasteiger partial charge >= 0.3 is 5.97 Å². The molecule has 0 amide bonds. The zero-order valence-electron chi connectivity index (χ0n) is 20.2. The van der Waals surface area contributed by atoms with Gasteiger partial charge in [-0.05, 0) is 87.7 Å². The minimum absolute atomic E-state index is 0.0395. The van der Waals surface area contributed by atoms with Gasteiger partial charge in [0.2, 0.25) is 5.69 Å². The smallest absolute Gasteiger partial charge is 0.360 e. The topological polar surface area (TPSA) is 75.4 Å². The maximum atomic E-state index is 13.3. The number of piperidine rings is 2. The average Bonchev–Trinajstić information content (AvgIpc) is 2.82. The van der Waals surface area contributed by atoms with Crippen LogP contribution in [0.4, 0.5) is 0 Å². The number of benzene rings is 1. The molecule has 4 bridgehead atoms. The van der Waals surface area contributed by atoms with Crippen LogP contribution in [-0.4, -0.2) is 43.7 Å². The molecule has 2 aromatic rings. The highest BCUT2D eigenvalue weighted by Crippen LogP contribution is 2.49. The number of hydrogen-bond acceptors (Lipinski definition) is 4. The normalized spacial score (nSPS) is 35.9. The van der Waals surface area contributed by atoms with Gasteiger partial charge in [-0.1, -0.05) is 31.9 Å². The Kier molecular flexibility index (Phi) is 5.75. The summed E-state index contributed by atoms with van der Waals surface area (Å²) in [6.45, 7) is 2.36. The van der Waals surface area contributed by atoms with Crippen LogP contribution < -0.4 is 5.56 Å². The molecule has 6 nitrogen and oxygen atoms in total. The molecule has 1 N–H and O–H groups in total. The summed E-state index contributed by atoms with van der Waals surface area (Å²) in [7, 11) is 0. The number of carboxylic acid groups (broad SMARTS) is 1. The molecule has 6 heteroatoms. The molecule has 34 heavy (non-hydrogen) atoms. The predicted octanol–water partition coefficient (Wildman–Crippen LogP) is 5.26. The van der Waals surface area contributed by atoms with Crippen molar-refractivity contribution in [1.82, 2.24) is 14.5 Å². The standard InChI is InChI=1S/C28H37N3O3/c1-2-17-10-18-12-19(11-17)14-22(13-18)30-20-6-5-7-21(30)16-23(15-20)31-25-9-4-3-8-24(25)29-26(27(31)32)28(33)34/h3-4,8-9,17-23H,2,5-7,10-16H2,1H3,(H,33,34)/t17-,18-,19+,20-,21+,22+,23+. The monoisotopic (exact) mass is 463 g/mol. The highest BCUT2D eigenvalue weighted by molar-refractivity contribution is 5.88. The van der Waals surface area contributed by atoms with Crippen LogP contribution in [-0.2, 0) is 0 Å². The second-order valence-electron chi connectivity index (χ2n) is 11.6. The first kappa shape index (κ1) is 22.3. The van der Waals surface area contributed by atoms with Gasteiger partial charge in [-0.25, -0.2) is 9.78 Å². The van der Waals surface area contributed by atoms with Crippen LogP contribution in [0.3, 0.4) is 0 Å². The lowest BCUT2D eigenvalue weighted by molar-refractivity contribution is -0.0534. The van der Waals surface area contributed by atoms with Gasteiger partial charge in [-0.2, -0.15) is 0 Å². The highest BCUT2D eigenvalue weighted by atomic mass is 16.4. The van der Waals surface area contributed by atoms with Crippen LogP contribution >= 0.6 is 0 Å². The number of nitrogens with zero attached hydrogens (tertiary/aromatic N) is 3. The van der Waals surface area contributed by atoms with E-state index in [-0.39, 0.29) is 11.7 Å². The summed E-state index contributed by atoms with van der Waals surface area (Å²) in [5.74, 6) is 1.49. The number of rotatable bonds is 4. The van der Waals surface area contributed by atoms with Gasteiger partial charge in [0.15, 0.2) is 0 Å². The molecule has 2 saturated carbocycles. The van der Waals surface area contributed by atoms with Crippen molar-refractivity contribution in [3.05, 3.63) is 40.3 Å². The summed E-state index contributed by atoms with van der Waals surface area (Å²) in [6, 6.07) is 9.24. The number of hydrogen-bond donors (Lipinski definition) is 1. The third-order valence-electron chi connectivity index (χ3n) is 9.58. The van der Waals surface area contributed by atoms with Gasteiger partial charge in [0.1, 0.15) is 0 Å². The summed E-state index contributed by atoms with van der Waals surface area (Å²) in [4.78, 5) is 32.2. The summed E-state index contributed by atoms with van der Waals surface area (Å²) in [5, 5.41) is 9.65. The molecule has 1 aromatic heterocycles. The SMILES string of the molecule is CC[C@@H]1C[C@@H]2C[C@H](C1)C[C@@H](N1[C@@H]3CCC[C@H]1C[C@@H](n1c(=O)c(C(=O)O)nc4ccccc41)C3)C2. The van der Waals surface area contributed by atoms with Crippen molar-refractivity contribution in [1.29, 1.82) is 0 Å². The number of fused-ring (bicyclic) bond motifs is 5. The van der Waals surface area contributed by atoms with E-state index in [4.69, 9.17) is 0 Å². The minimum Gasteiger partial charge on any atom is -0.476 e. The van der Waals surface area contributed by atoms with Crippen molar-refractivity contribution >= 4 is 17.0 Å². The van der Waals surface area contributed by atoms with Gasteiger partial charge in [-0.15, -0.1) is 0 Å². The van der Waals surface area contributed by atoms with Crippen LogP contribution in [0.15, 0.2) is 29.1 Å². The lowest BCUT2D eigenvalue weighted by Gasteiger charge is -2.56. The fourth-order valence-electron chi connectivity index (χ4n) is 8.38. The molecule has 182 valence electrons. The zero-order valence-corrected chi connectivity index (χ0v) is 20.2. The van der Waals surface area contributed by atoms with Crippen molar-refractivity contribution in [3.63, 3.8) is 0 Å². The molecule has 2 saturated heterocycles. The van der Waals surface area contributed by atoms with E-state index in [2.05, 4.69) is 16.8 Å². The Hall–Kier alpha value is -2.21. The van der Waals surface area contributed by atoms with Crippen LogP contribution in [0.25, 0.3) is 11.0 Å². The fraction of sp³-hybridized carbons (Fsp3) is 0.679. The predicted molar refractivity (Wildman–Crippen MR) is 132 cm³/mol. The maximum absolute atomic E-state index is 13.3. The number of aromatic carboxylic acids is 1. The molecule has 4 aliphatic rings. The molecule has 6 rings (SSSR count). The van der Waals surface area contributed by atoms with Crippen molar-refractivity contribution in [2.24, 2.45) is 17.8 Å².